The summed E-state index contributed by atoms with van der Waals surface area (Å²) < 4.78 is 29.4. The number of anilines is 1. The Morgan fingerprint density at radius 2 is 1.50 bits per heavy atom. The van der Waals surface area contributed by atoms with Crippen molar-refractivity contribution in [1.82, 2.24) is 10.2 Å². The Hall–Kier alpha value is -3.56. The second kappa shape index (κ2) is 16.3. The largest absolute Gasteiger partial charge is 0.354 e. The molecule has 11 heteroatoms. The van der Waals surface area contributed by atoms with Crippen molar-refractivity contribution >= 4 is 62.3 Å². The third kappa shape index (κ3) is 9.04. The SMILES string of the molecule is CCCCNC(=O)[C@@H](Cc1ccccc1)N(Cc1ccc(Cl)c(Cl)c1)C(=O)CN(c1ccccc1C)S(=O)(=O)c1ccc(Cl)cc1. The van der Waals surface area contributed by atoms with Gasteiger partial charge in [0.1, 0.15) is 12.6 Å². The first kappa shape index (κ1) is 35.3. The molecule has 2 amide bonds. The van der Waals surface area contributed by atoms with Gasteiger partial charge in [0.25, 0.3) is 10.0 Å². The highest BCUT2D eigenvalue weighted by Gasteiger charge is 2.35. The van der Waals surface area contributed by atoms with Crippen molar-refractivity contribution in [1.29, 1.82) is 0 Å². The van der Waals surface area contributed by atoms with Gasteiger partial charge in [-0.1, -0.05) is 103 Å². The summed E-state index contributed by atoms with van der Waals surface area (Å²) in [4.78, 5) is 29.8. The first-order chi connectivity index (χ1) is 22.0. The van der Waals surface area contributed by atoms with Gasteiger partial charge < -0.3 is 10.2 Å². The molecule has 0 radical (unpaired) electrons. The number of para-hydroxylation sites is 1. The molecule has 0 saturated heterocycles. The highest BCUT2D eigenvalue weighted by Crippen LogP contribution is 2.29. The molecule has 1 N–H and O–H groups in total. The zero-order chi connectivity index (χ0) is 33.3. The lowest BCUT2D eigenvalue weighted by Crippen LogP contribution is -2.53. The van der Waals surface area contributed by atoms with Gasteiger partial charge >= 0.3 is 0 Å². The smallest absolute Gasteiger partial charge is 0.264 e. The Labute approximate surface area is 286 Å². The molecule has 0 unspecified atom stereocenters. The van der Waals surface area contributed by atoms with Crippen LogP contribution in [0.15, 0.2) is 102 Å². The van der Waals surface area contributed by atoms with Gasteiger partial charge in [-0.2, -0.15) is 0 Å². The van der Waals surface area contributed by atoms with E-state index in [-0.39, 0.29) is 23.8 Å². The van der Waals surface area contributed by atoms with Crippen LogP contribution >= 0.6 is 34.8 Å². The van der Waals surface area contributed by atoms with Crippen LogP contribution in [0, 0.1) is 6.92 Å². The van der Waals surface area contributed by atoms with E-state index in [0.29, 0.717) is 38.4 Å². The number of sulfonamides is 1. The number of hydrogen-bond acceptors (Lipinski definition) is 4. The van der Waals surface area contributed by atoms with Crippen LogP contribution in [0.4, 0.5) is 5.69 Å². The highest BCUT2D eigenvalue weighted by atomic mass is 35.5. The lowest BCUT2D eigenvalue weighted by atomic mass is 10.0. The molecule has 46 heavy (non-hydrogen) atoms. The van der Waals surface area contributed by atoms with Crippen molar-refractivity contribution in [2.75, 3.05) is 17.4 Å². The van der Waals surface area contributed by atoms with Crippen molar-refractivity contribution in [3.63, 3.8) is 0 Å². The minimum atomic E-state index is -4.24. The van der Waals surface area contributed by atoms with Crippen LogP contribution in [-0.4, -0.2) is 44.3 Å². The number of hydrogen-bond donors (Lipinski definition) is 1. The molecular weight excluding hydrogens is 665 g/mol. The van der Waals surface area contributed by atoms with Crippen LogP contribution < -0.4 is 9.62 Å². The van der Waals surface area contributed by atoms with E-state index in [1.807, 2.05) is 37.3 Å². The molecule has 7 nitrogen and oxygen atoms in total. The molecule has 4 rings (SSSR count). The fourth-order valence-electron chi connectivity index (χ4n) is 4.99. The minimum Gasteiger partial charge on any atom is -0.354 e. The fraction of sp³-hybridized carbons (Fsp3) is 0.257. The van der Waals surface area contributed by atoms with E-state index in [1.54, 1.807) is 49.4 Å². The number of halogens is 3. The summed E-state index contributed by atoms with van der Waals surface area (Å²) in [6, 6.07) is 26.1. The van der Waals surface area contributed by atoms with E-state index in [1.165, 1.54) is 29.2 Å². The summed E-state index contributed by atoms with van der Waals surface area (Å²) in [6.45, 7) is 3.66. The third-order valence-electron chi connectivity index (χ3n) is 7.50. The summed E-state index contributed by atoms with van der Waals surface area (Å²) in [6.07, 6.45) is 1.86. The minimum absolute atomic E-state index is 0.0168. The number of carbonyl (C=O) groups excluding carboxylic acids is 2. The maximum Gasteiger partial charge on any atom is 0.264 e. The second-order valence-corrected chi connectivity index (χ2v) is 14.0. The van der Waals surface area contributed by atoms with Crippen molar-refractivity contribution in [2.24, 2.45) is 0 Å². The first-order valence-electron chi connectivity index (χ1n) is 14.9. The van der Waals surface area contributed by atoms with Gasteiger partial charge in [-0.05, 0) is 72.5 Å². The molecule has 0 spiro atoms. The van der Waals surface area contributed by atoms with Gasteiger partial charge in [-0.15, -0.1) is 0 Å². The number of nitrogens with one attached hydrogen (secondary N) is 1. The zero-order valence-electron chi connectivity index (χ0n) is 25.6. The molecule has 0 aliphatic carbocycles. The number of rotatable bonds is 14. The van der Waals surface area contributed by atoms with Crippen molar-refractivity contribution in [3.8, 4) is 0 Å². The fourth-order valence-corrected chi connectivity index (χ4v) is 6.91. The van der Waals surface area contributed by atoms with Gasteiger partial charge in [0, 0.05) is 24.5 Å². The lowest BCUT2D eigenvalue weighted by Gasteiger charge is -2.34. The lowest BCUT2D eigenvalue weighted by molar-refractivity contribution is -0.140. The summed E-state index contributed by atoms with van der Waals surface area (Å²) in [5, 5.41) is 4.00. The van der Waals surface area contributed by atoms with E-state index in [4.69, 9.17) is 34.8 Å². The molecule has 0 aliphatic heterocycles. The Morgan fingerprint density at radius 1 is 0.826 bits per heavy atom. The van der Waals surface area contributed by atoms with E-state index >= 15 is 0 Å². The van der Waals surface area contributed by atoms with E-state index < -0.39 is 28.5 Å². The first-order valence-corrected chi connectivity index (χ1v) is 17.5. The molecule has 0 saturated carbocycles. The van der Waals surface area contributed by atoms with Crippen molar-refractivity contribution in [2.45, 2.75) is 50.6 Å². The summed E-state index contributed by atoms with van der Waals surface area (Å²) in [5.41, 5.74) is 2.47. The van der Waals surface area contributed by atoms with E-state index in [2.05, 4.69) is 5.32 Å². The van der Waals surface area contributed by atoms with Crippen LogP contribution in [0.1, 0.15) is 36.5 Å². The molecule has 0 fully saturated rings. The standard InChI is InChI=1S/C35H36Cl3N3O4S/c1-3-4-20-39-35(43)33(22-26-11-6-5-7-12-26)40(23-27-14-19-30(37)31(38)21-27)34(42)24-41(32-13-9-8-10-25(32)2)46(44,45)29-17-15-28(36)16-18-29/h5-19,21,33H,3-4,20,22-24H2,1-2H3,(H,39,43)/t33-/m1/s1. The Morgan fingerprint density at radius 3 is 2.15 bits per heavy atom. The van der Waals surface area contributed by atoms with Gasteiger partial charge in [0.05, 0.1) is 20.6 Å². The van der Waals surface area contributed by atoms with Gasteiger partial charge in [-0.25, -0.2) is 8.42 Å². The Bertz CT molecular complexity index is 1750. The number of amides is 2. The van der Waals surface area contributed by atoms with Crippen LogP contribution in [0.25, 0.3) is 0 Å². The molecular formula is C35H36Cl3N3O4S. The molecule has 1 atom stereocenters. The predicted molar refractivity (Wildman–Crippen MR) is 186 cm³/mol. The monoisotopic (exact) mass is 699 g/mol. The predicted octanol–water partition coefficient (Wildman–Crippen LogP) is 7.71. The van der Waals surface area contributed by atoms with Crippen molar-refractivity contribution < 1.29 is 18.0 Å². The maximum absolute atomic E-state index is 14.6. The molecule has 4 aromatic carbocycles. The molecule has 242 valence electrons. The second-order valence-electron chi connectivity index (χ2n) is 10.9. The van der Waals surface area contributed by atoms with E-state index in [0.717, 1.165) is 22.7 Å². The molecule has 0 aliphatic rings. The average Bonchev–Trinajstić information content (AvgIpc) is 3.04. The highest BCUT2D eigenvalue weighted by molar-refractivity contribution is 7.92. The average molecular weight is 701 g/mol. The third-order valence-corrected chi connectivity index (χ3v) is 10.3. The normalized spacial score (nSPS) is 11.9. The summed E-state index contributed by atoms with van der Waals surface area (Å²) >= 11 is 18.6. The number of benzene rings is 4. The number of aryl methyl sites for hydroxylation is 1. The molecule has 0 bridgehead atoms. The van der Waals surface area contributed by atoms with Gasteiger partial charge in [-0.3, -0.25) is 13.9 Å². The van der Waals surface area contributed by atoms with Gasteiger partial charge in [0.15, 0.2) is 0 Å². The summed E-state index contributed by atoms with van der Waals surface area (Å²) in [7, 11) is -4.24. The molecule has 0 aromatic heterocycles. The number of carbonyl (C=O) groups is 2. The zero-order valence-corrected chi connectivity index (χ0v) is 28.7. The maximum atomic E-state index is 14.6. The number of unbranched alkanes of at least 4 members (excludes halogenated alkanes) is 1. The van der Waals surface area contributed by atoms with Crippen LogP contribution in [0.2, 0.25) is 15.1 Å². The van der Waals surface area contributed by atoms with Crippen LogP contribution in [-0.2, 0) is 32.6 Å². The molecule has 0 heterocycles. The van der Waals surface area contributed by atoms with Crippen LogP contribution in [0.3, 0.4) is 0 Å². The quantitative estimate of drug-likeness (QED) is 0.137. The van der Waals surface area contributed by atoms with E-state index in [9.17, 15) is 18.0 Å². The number of nitrogens with zero attached hydrogens (tertiary/aromatic N) is 2. The Balaban J connectivity index is 1.81. The van der Waals surface area contributed by atoms with Crippen LogP contribution in [0.5, 0.6) is 0 Å². The molecule has 4 aromatic rings. The van der Waals surface area contributed by atoms with Crippen molar-refractivity contribution in [3.05, 3.63) is 129 Å². The Kier molecular flexibility index (Phi) is 12.5. The summed E-state index contributed by atoms with van der Waals surface area (Å²) in [5.74, 6) is -0.910. The topological polar surface area (TPSA) is 86.8 Å². The van der Waals surface area contributed by atoms with Gasteiger partial charge in [0.2, 0.25) is 11.8 Å².